The molecule has 0 bridgehead atoms. The van der Waals surface area contributed by atoms with Gasteiger partial charge in [0.2, 0.25) is 5.95 Å². The van der Waals surface area contributed by atoms with E-state index in [-0.39, 0.29) is 46.5 Å². The highest BCUT2D eigenvalue weighted by Gasteiger charge is 2.22. The van der Waals surface area contributed by atoms with Gasteiger partial charge >= 0.3 is 0 Å². The number of rotatable bonds is 4. The number of aromatic hydroxyl groups is 1. The fraction of sp³-hybridized carbons (Fsp3) is 0.0800. The molecular formula is C25H20FN9O2. The average Bonchev–Trinajstić information content (AvgIpc) is 3.40. The summed E-state index contributed by atoms with van der Waals surface area (Å²) >= 11 is 0. The minimum Gasteiger partial charge on any atom is -0.508 e. The molecule has 0 unspecified atom stereocenters. The van der Waals surface area contributed by atoms with Gasteiger partial charge < -0.3 is 16.6 Å². The summed E-state index contributed by atoms with van der Waals surface area (Å²) in [6.45, 7) is 1.84. The molecule has 2 aromatic carbocycles. The minimum atomic E-state index is -0.652. The van der Waals surface area contributed by atoms with Crippen molar-refractivity contribution in [2.75, 3.05) is 11.5 Å². The quantitative estimate of drug-likeness (QED) is 0.336. The van der Waals surface area contributed by atoms with E-state index in [1.54, 1.807) is 6.20 Å². The van der Waals surface area contributed by atoms with Crippen LogP contribution >= 0.6 is 0 Å². The molecule has 4 heterocycles. The number of phenols is 1. The van der Waals surface area contributed by atoms with E-state index < -0.39 is 5.82 Å². The second-order valence-corrected chi connectivity index (χ2v) is 8.55. The molecule has 0 aliphatic heterocycles. The van der Waals surface area contributed by atoms with E-state index in [2.05, 4.69) is 15.1 Å². The number of nitrogen functional groups attached to an aromatic ring is 2. The lowest BCUT2D eigenvalue weighted by Gasteiger charge is -2.13. The summed E-state index contributed by atoms with van der Waals surface area (Å²) < 4.78 is 18.7. The Morgan fingerprint density at radius 3 is 2.57 bits per heavy atom. The van der Waals surface area contributed by atoms with Crippen LogP contribution in [0.1, 0.15) is 11.4 Å². The topological polar surface area (TPSA) is 155 Å². The summed E-state index contributed by atoms with van der Waals surface area (Å²) in [5.74, 6) is -0.614. The minimum absolute atomic E-state index is 0.00894. The van der Waals surface area contributed by atoms with Crippen molar-refractivity contribution in [3.05, 3.63) is 88.4 Å². The van der Waals surface area contributed by atoms with Gasteiger partial charge in [-0.25, -0.2) is 13.6 Å². The largest absolute Gasteiger partial charge is 0.508 e. The van der Waals surface area contributed by atoms with E-state index in [1.165, 1.54) is 25.9 Å². The van der Waals surface area contributed by atoms with Gasteiger partial charge in [-0.1, -0.05) is 18.2 Å². The van der Waals surface area contributed by atoms with Crippen molar-refractivity contribution in [1.82, 2.24) is 33.9 Å². The SMILES string of the molecule is Cc1ccn2nc(Cn3nc(-c4cc(O)cc(F)c4)c4c(N)nc(N)nc43)n(-c3ccccc3)c(=O)c12. The number of benzene rings is 2. The van der Waals surface area contributed by atoms with E-state index in [0.29, 0.717) is 22.4 Å². The van der Waals surface area contributed by atoms with Gasteiger partial charge in [-0.05, 0) is 42.8 Å². The van der Waals surface area contributed by atoms with Crippen LogP contribution in [0.4, 0.5) is 16.2 Å². The number of hydrogen-bond acceptors (Lipinski definition) is 8. The second-order valence-electron chi connectivity index (χ2n) is 8.55. The third-order valence-electron chi connectivity index (χ3n) is 6.05. The number of aryl methyl sites for hydroxylation is 1. The monoisotopic (exact) mass is 497 g/mol. The maximum atomic E-state index is 14.1. The van der Waals surface area contributed by atoms with Crippen molar-refractivity contribution in [1.29, 1.82) is 0 Å². The van der Waals surface area contributed by atoms with Crippen LogP contribution in [0.15, 0.2) is 65.6 Å². The molecule has 184 valence electrons. The van der Waals surface area contributed by atoms with E-state index in [0.717, 1.165) is 11.6 Å². The van der Waals surface area contributed by atoms with Crippen molar-refractivity contribution in [3.8, 4) is 22.7 Å². The molecule has 11 nitrogen and oxygen atoms in total. The molecule has 0 fully saturated rings. The zero-order valence-corrected chi connectivity index (χ0v) is 19.5. The molecule has 6 aromatic rings. The van der Waals surface area contributed by atoms with Crippen molar-refractivity contribution in [2.24, 2.45) is 0 Å². The van der Waals surface area contributed by atoms with Gasteiger partial charge in [0.1, 0.15) is 35.1 Å². The number of nitrogens with two attached hydrogens (primary N) is 2. The summed E-state index contributed by atoms with van der Waals surface area (Å²) in [4.78, 5) is 22.0. The third kappa shape index (κ3) is 3.62. The van der Waals surface area contributed by atoms with Crippen LogP contribution in [0.25, 0.3) is 33.5 Å². The van der Waals surface area contributed by atoms with E-state index in [9.17, 15) is 14.3 Å². The van der Waals surface area contributed by atoms with Gasteiger partial charge in [-0.2, -0.15) is 20.2 Å². The summed E-state index contributed by atoms with van der Waals surface area (Å²) in [5, 5.41) is 19.6. The van der Waals surface area contributed by atoms with Crippen molar-refractivity contribution >= 4 is 28.3 Å². The maximum Gasteiger partial charge on any atom is 0.282 e. The number of anilines is 2. The summed E-state index contributed by atoms with van der Waals surface area (Å²) in [7, 11) is 0. The van der Waals surface area contributed by atoms with Crippen molar-refractivity contribution in [3.63, 3.8) is 0 Å². The van der Waals surface area contributed by atoms with Gasteiger partial charge in [0.25, 0.3) is 5.56 Å². The smallest absolute Gasteiger partial charge is 0.282 e. The summed E-state index contributed by atoms with van der Waals surface area (Å²) in [5.41, 5.74) is 14.5. The number of halogens is 1. The van der Waals surface area contributed by atoms with Crippen LogP contribution in [0.5, 0.6) is 5.75 Å². The molecule has 0 aliphatic rings. The van der Waals surface area contributed by atoms with Gasteiger partial charge in [0.15, 0.2) is 11.5 Å². The molecule has 37 heavy (non-hydrogen) atoms. The molecule has 5 N–H and O–H groups in total. The fourth-order valence-corrected chi connectivity index (χ4v) is 4.48. The molecule has 0 radical (unpaired) electrons. The van der Waals surface area contributed by atoms with Gasteiger partial charge in [-0.3, -0.25) is 9.36 Å². The summed E-state index contributed by atoms with van der Waals surface area (Å²) in [6, 6.07) is 14.5. The second kappa shape index (κ2) is 8.16. The highest BCUT2D eigenvalue weighted by atomic mass is 19.1. The number of aromatic nitrogens is 7. The Morgan fingerprint density at radius 1 is 1.03 bits per heavy atom. The van der Waals surface area contributed by atoms with Gasteiger partial charge in [0, 0.05) is 17.8 Å². The lowest BCUT2D eigenvalue weighted by atomic mass is 10.1. The predicted octanol–water partition coefficient (Wildman–Crippen LogP) is 2.66. The number of para-hydroxylation sites is 1. The molecule has 6 rings (SSSR count). The third-order valence-corrected chi connectivity index (χ3v) is 6.05. The highest BCUT2D eigenvalue weighted by Crippen LogP contribution is 2.33. The first-order chi connectivity index (χ1) is 17.8. The molecule has 0 saturated heterocycles. The average molecular weight is 497 g/mol. The van der Waals surface area contributed by atoms with E-state index in [1.807, 2.05) is 43.3 Å². The standard InChI is InChI=1S/C25H20FN9O2/c1-13-7-8-33-21(13)24(37)35(16-5-3-2-4-6-16)18(31-33)12-34-23-19(22(27)29-25(28)30-23)20(32-34)14-9-15(26)11-17(36)10-14/h2-11,36H,12H2,1H3,(H4,27,28,29,30). The van der Waals surface area contributed by atoms with Gasteiger partial charge in [0.05, 0.1) is 11.1 Å². The van der Waals surface area contributed by atoms with Crippen LogP contribution in [-0.2, 0) is 6.54 Å². The molecule has 12 heteroatoms. The zero-order valence-electron chi connectivity index (χ0n) is 19.5. The molecule has 4 aromatic heterocycles. The Bertz CT molecular complexity index is 1870. The Kier molecular flexibility index (Phi) is 4.90. The Hall–Kier alpha value is -5.26. The first kappa shape index (κ1) is 22.2. The maximum absolute atomic E-state index is 14.1. The first-order valence-corrected chi connectivity index (χ1v) is 11.2. The Labute approximate surface area is 208 Å². The van der Waals surface area contributed by atoms with Crippen LogP contribution in [0.3, 0.4) is 0 Å². The number of fused-ring (bicyclic) bond motifs is 2. The van der Waals surface area contributed by atoms with E-state index >= 15 is 0 Å². The lowest BCUT2D eigenvalue weighted by Crippen LogP contribution is -2.28. The van der Waals surface area contributed by atoms with Crippen molar-refractivity contribution in [2.45, 2.75) is 13.5 Å². The van der Waals surface area contributed by atoms with Crippen LogP contribution in [0.2, 0.25) is 0 Å². The van der Waals surface area contributed by atoms with Crippen LogP contribution < -0.4 is 17.0 Å². The predicted molar refractivity (Wildman–Crippen MR) is 136 cm³/mol. The molecule has 0 atom stereocenters. The molecular weight excluding hydrogens is 477 g/mol. The first-order valence-electron chi connectivity index (χ1n) is 11.2. The van der Waals surface area contributed by atoms with Crippen molar-refractivity contribution < 1.29 is 9.50 Å². The number of nitrogens with zero attached hydrogens (tertiary/aromatic N) is 7. The zero-order chi connectivity index (χ0) is 25.8. The Morgan fingerprint density at radius 2 is 1.81 bits per heavy atom. The Balaban J connectivity index is 1.62. The van der Waals surface area contributed by atoms with Crippen LogP contribution in [-0.4, -0.2) is 39.0 Å². The molecule has 0 aliphatic carbocycles. The van der Waals surface area contributed by atoms with Crippen LogP contribution in [0, 0.1) is 12.7 Å². The number of hydrogen-bond donors (Lipinski definition) is 3. The molecule has 0 spiro atoms. The molecule has 0 saturated carbocycles. The van der Waals surface area contributed by atoms with E-state index in [4.69, 9.17) is 16.6 Å². The number of phenolic OH excluding ortho intramolecular Hbond substituents is 1. The molecule has 0 amide bonds. The normalized spacial score (nSPS) is 11.5. The van der Waals surface area contributed by atoms with Gasteiger partial charge in [-0.15, -0.1) is 0 Å². The summed E-state index contributed by atoms with van der Waals surface area (Å²) in [6.07, 6.45) is 1.71. The fourth-order valence-electron chi connectivity index (χ4n) is 4.48. The highest BCUT2D eigenvalue weighted by molar-refractivity contribution is 5.99. The lowest BCUT2D eigenvalue weighted by molar-refractivity contribution is 0.469.